The Balaban J connectivity index is 2.27. The van der Waals surface area contributed by atoms with Crippen LogP contribution in [0.15, 0.2) is 12.2 Å². The highest BCUT2D eigenvalue weighted by Crippen LogP contribution is 2.52. The molecule has 0 N–H and O–H groups in total. The van der Waals surface area contributed by atoms with Gasteiger partial charge in [-0.25, -0.2) is 0 Å². The standard InChI is InChI=1S/C11H19N/c1-9-7-11(10(2,3)4)5-6-12(11)8-9/h1,5-8H2,2-4H3. The Morgan fingerprint density at radius 1 is 1.42 bits per heavy atom. The van der Waals surface area contributed by atoms with Crippen molar-refractivity contribution in [2.45, 2.75) is 39.2 Å². The van der Waals surface area contributed by atoms with E-state index in [9.17, 15) is 0 Å². The van der Waals surface area contributed by atoms with E-state index in [1.54, 1.807) is 0 Å². The van der Waals surface area contributed by atoms with Crippen molar-refractivity contribution in [3.8, 4) is 0 Å². The van der Waals surface area contributed by atoms with Crippen molar-refractivity contribution in [1.82, 2.24) is 4.90 Å². The minimum Gasteiger partial charge on any atom is -0.293 e. The second kappa shape index (κ2) is 2.14. The summed E-state index contributed by atoms with van der Waals surface area (Å²) >= 11 is 0. The summed E-state index contributed by atoms with van der Waals surface area (Å²) < 4.78 is 0. The SMILES string of the molecule is C=C1CN2CCC2(C(C)(C)C)C1. The summed E-state index contributed by atoms with van der Waals surface area (Å²) in [5.41, 5.74) is 2.33. The fourth-order valence-electron chi connectivity index (χ4n) is 2.82. The van der Waals surface area contributed by atoms with Gasteiger partial charge in [0.2, 0.25) is 0 Å². The molecule has 0 aromatic carbocycles. The second-order valence-corrected chi connectivity index (χ2v) is 5.38. The topological polar surface area (TPSA) is 3.24 Å². The van der Waals surface area contributed by atoms with Gasteiger partial charge in [-0.1, -0.05) is 32.9 Å². The van der Waals surface area contributed by atoms with Crippen molar-refractivity contribution in [2.75, 3.05) is 13.1 Å². The van der Waals surface area contributed by atoms with Crippen LogP contribution in [-0.4, -0.2) is 23.5 Å². The van der Waals surface area contributed by atoms with Gasteiger partial charge in [0.25, 0.3) is 0 Å². The minimum atomic E-state index is 0.421. The van der Waals surface area contributed by atoms with Crippen molar-refractivity contribution in [1.29, 1.82) is 0 Å². The zero-order valence-corrected chi connectivity index (χ0v) is 8.48. The third kappa shape index (κ3) is 0.832. The van der Waals surface area contributed by atoms with Gasteiger partial charge in [0, 0.05) is 18.6 Å². The van der Waals surface area contributed by atoms with E-state index in [4.69, 9.17) is 0 Å². The van der Waals surface area contributed by atoms with Gasteiger partial charge in [0.05, 0.1) is 0 Å². The van der Waals surface area contributed by atoms with E-state index in [1.807, 2.05) is 0 Å². The molecule has 1 heteroatoms. The minimum absolute atomic E-state index is 0.421. The highest BCUT2D eigenvalue weighted by molar-refractivity contribution is 5.23. The first-order valence-corrected chi connectivity index (χ1v) is 4.87. The number of hydrogen-bond acceptors (Lipinski definition) is 1. The molecular weight excluding hydrogens is 146 g/mol. The Bertz CT molecular complexity index is 224. The van der Waals surface area contributed by atoms with Gasteiger partial charge in [0.1, 0.15) is 0 Å². The lowest BCUT2D eigenvalue weighted by atomic mass is 9.65. The van der Waals surface area contributed by atoms with Gasteiger partial charge in [-0.3, -0.25) is 4.90 Å². The molecule has 2 saturated heterocycles. The molecule has 2 heterocycles. The maximum atomic E-state index is 4.11. The molecule has 0 aliphatic carbocycles. The molecule has 2 aliphatic heterocycles. The summed E-state index contributed by atoms with van der Waals surface area (Å²) in [6.07, 6.45) is 2.60. The predicted octanol–water partition coefficient (Wildman–Crippen LogP) is 2.44. The van der Waals surface area contributed by atoms with Crippen molar-refractivity contribution in [3.63, 3.8) is 0 Å². The molecule has 2 rings (SSSR count). The van der Waals surface area contributed by atoms with E-state index in [1.165, 1.54) is 25.0 Å². The smallest absolute Gasteiger partial charge is 0.0310 e. The van der Waals surface area contributed by atoms with Crippen LogP contribution in [-0.2, 0) is 0 Å². The average Bonchev–Trinajstić information content (AvgIpc) is 2.09. The number of nitrogens with zero attached hydrogens (tertiary/aromatic N) is 1. The lowest BCUT2D eigenvalue weighted by Gasteiger charge is -2.56. The second-order valence-electron chi connectivity index (χ2n) is 5.38. The Morgan fingerprint density at radius 3 is 2.33 bits per heavy atom. The van der Waals surface area contributed by atoms with Crippen LogP contribution in [0.2, 0.25) is 0 Å². The summed E-state index contributed by atoms with van der Waals surface area (Å²) in [4.78, 5) is 2.61. The van der Waals surface area contributed by atoms with Crippen molar-refractivity contribution in [3.05, 3.63) is 12.2 Å². The molecule has 0 bridgehead atoms. The summed E-state index contributed by atoms with van der Waals surface area (Å²) in [5, 5.41) is 0. The molecule has 0 amide bonds. The van der Waals surface area contributed by atoms with Gasteiger partial charge in [-0.15, -0.1) is 0 Å². The van der Waals surface area contributed by atoms with Crippen LogP contribution in [0, 0.1) is 5.41 Å². The highest BCUT2D eigenvalue weighted by atomic mass is 15.3. The van der Waals surface area contributed by atoms with Crippen LogP contribution in [0.25, 0.3) is 0 Å². The van der Waals surface area contributed by atoms with Gasteiger partial charge >= 0.3 is 0 Å². The van der Waals surface area contributed by atoms with Crippen LogP contribution in [0.1, 0.15) is 33.6 Å². The fourth-order valence-corrected chi connectivity index (χ4v) is 2.82. The van der Waals surface area contributed by atoms with E-state index in [0.717, 1.165) is 6.54 Å². The molecular formula is C11H19N. The van der Waals surface area contributed by atoms with Gasteiger partial charge in [-0.2, -0.15) is 0 Å². The molecule has 2 fully saturated rings. The lowest BCUT2D eigenvalue weighted by Crippen LogP contribution is -2.62. The summed E-state index contributed by atoms with van der Waals surface area (Å²) in [6, 6.07) is 0. The number of fused-ring (bicyclic) bond motifs is 1. The van der Waals surface area contributed by atoms with Crippen LogP contribution in [0.4, 0.5) is 0 Å². The lowest BCUT2D eigenvalue weighted by molar-refractivity contribution is -0.0587. The van der Waals surface area contributed by atoms with Crippen LogP contribution < -0.4 is 0 Å². The van der Waals surface area contributed by atoms with Crippen molar-refractivity contribution < 1.29 is 0 Å². The van der Waals surface area contributed by atoms with Crippen molar-refractivity contribution in [2.24, 2.45) is 5.41 Å². The Hall–Kier alpha value is -0.300. The van der Waals surface area contributed by atoms with Crippen LogP contribution in [0.5, 0.6) is 0 Å². The van der Waals surface area contributed by atoms with E-state index < -0.39 is 0 Å². The first-order valence-electron chi connectivity index (χ1n) is 4.87. The molecule has 1 nitrogen and oxygen atoms in total. The Labute approximate surface area is 75.4 Å². The van der Waals surface area contributed by atoms with E-state index in [2.05, 4.69) is 32.3 Å². The maximum Gasteiger partial charge on any atom is 0.0310 e. The maximum absolute atomic E-state index is 4.11. The molecule has 0 spiro atoms. The fraction of sp³-hybridized carbons (Fsp3) is 0.818. The quantitative estimate of drug-likeness (QED) is 0.498. The largest absolute Gasteiger partial charge is 0.293 e. The Kier molecular flexibility index (Phi) is 1.48. The summed E-state index contributed by atoms with van der Waals surface area (Å²) in [5.74, 6) is 0. The van der Waals surface area contributed by atoms with Crippen LogP contribution in [0.3, 0.4) is 0 Å². The molecule has 68 valence electrons. The zero-order chi connectivity index (χ0) is 8.98. The molecule has 12 heavy (non-hydrogen) atoms. The first kappa shape index (κ1) is 8.31. The average molecular weight is 165 g/mol. The molecule has 1 atom stereocenters. The third-order valence-corrected chi connectivity index (χ3v) is 3.75. The monoisotopic (exact) mass is 165 g/mol. The summed E-state index contributed by atoms with van der Waals surface area (Å²) in [6.45, 7) is 13.6. The normalized spacial score (nSPS) is 36.4. The highest BCUT2D eigenvalue weighted by Gasteiger charge is 2.55. The molecule has 0 aromatic heterocycles. The van der Waals surface area contributed by atoms with Gasteiger partial charge in [0.15, 0.2) is 0 Å². The van der Waals surface area contributed by atoms with E-state index in [0.29, 0.717) is 11.0 Å². The predicted molar refractivity (Wildman–Crippen MR) is 52.1 cm³/mol. The molecule has 0 aromatic rings. The first-order chi connectivity index (χ1) is 5.46. The van der Waals surface area contributed by atoms with E-state index in [-0.39, 0.29) is 0 Å². The molecule has 0 saturated carbocycles. The molecule has 2 aliphatic rings. The van der Waals surface area contributed by atoms with Gasteiger partial charge < -0.3 is 0 Å². The van der Waals surface area contributed by atoms with Crippen LogP contribution >= 0.6 is 0 Å². The number of hydrogen-bond donors (Lipinski definition) is 0. The third-order valence-electron chi connectivity index (χ3n) is 3.75. The van der Waals surface area contributed by atoms with Crippen molar-refractivity contribution >= 4 is 0 Å². The van der Waals surface area contributed by atoms with E-state index >= 15 is 0 Å². The van der Waals surface area contributed by atoms with Gasteiger partial charge in [-0.05, 0) is 18.3 Å². The number of rotatable bonds is 0. The zero-order valence-electron chi connectivity index (χ0n) is 8.48. The summed E-state index contributed by atoms with van der Waals surface area (Å²) in [7, 11) is 0. The Morgan fingerprint density at radius 2 is 2.08 bits per heavy atom. The molecule has 0 radical (unpaired) electrons. The molecule has 1 unspecified atom stereocenters.